The van der Waals surface area contributed by atoms with Crippen molar-refractivity contribution in [3.63, 3.8) is 0 Å². The molecule has 0 aromatic heterocycles. The van der Waals surface area contributed by atoms with Crippen molar-refractivity contribution in [1.29, 1.82) is 0 Å². The number of hydrogen-bond donors (Lipinski definition) is 0. The Morgan fingerprint density at radius 2 is 2.09 bits per heavy atom. The zero-order valence-electron chi connectivity index (χ0n) is 12.8. The second-order valence-electron chi connectivity index (χ2n) is 6.82. The van der Waals surface area contributed by atoms with E-state index in [1.54, 1.807) is 0 Å². The number of allylic oxidation sites excluding steroid dienone is 1. The first-order valence-electron chi connectivity index (χ1n) is 8.22. The second kappa shape index (κ2) is 4.45. The number of fused-ring (bicyclic) bond motifs is 7. The second-order valence-corrected chi connectivity index (χ2v) is 6.82. The molecule has 4 nitrogen and oxygen atoms in total. The Morgan fingerprint density at radius 3 is 3.05 bits per heavy atom. The zero-order valence-corrected chi connectivity index (χ0v) is 12.8. The molecule has 0 bridgehead atoms. The van der Waals surface area contributed by atoms with Crippen molar-refractivity contribution in [3.05, 3.63) is 54.0 Å². The molecule has 0 saturated carbocycles. The summed E-state index contributed by atoms with van der Waals surface area (Å²) in [4.78, 5) is 4.88. The van der Waals surface area contributed by atoms with Crippen LogP contribution in [0.4, 0.5) is 5.69 Å². The fourth-order valence-corrected chi connectivity index (χ4v) is 4.74. The molecular formula is C18H20N4. The van der Waals surface area contributed by atoms with Crippen LogP contribution >= 0.6 is 0 Å². The fraction of sp³-hybridized carbons (Fsp3) is 0.444. The predicted octanol–water partition coefficient (Wildman–Crippen LogP) is 3.54. The molecule has 4 atom stereocenters. The molecule has 1 aliphatic carbocycles. The van der Waals surface area contributed by atoms with Crippen LogP contribution in [0.15, 0.2) is 58.7 Å². The molecular weight excluding hydrogens is 272 g/mol. The molecule has 4 unspecified atom stereocenters. The molecule has 0 N–H and O–H groups in total. The summed E-state index contributed by atoms with van der Waals surface area (Å²) in [6, 6.07) is 9.87. The highest BCUT2D eigenvalue weighted by molar-refractivity contribution is 5.62. The van der Waals surface area contributed by atoms with Crippen LogP contribution in [0.1, 0.15) is 18.9 Å². The lowest BCUT2D eigenvalue weighted by molar-refractivity contribution is 0.152. The largest absolute Gasteiger partial charge is 0.340 e. The van der Waals surface area contributed by atoms with E-state index in [-0.39, 0.29) is 0 Å². The average molecular weight is 292 g/mol. The van der Waals surface area contributed by atoms with Gasteiger partial charge in [-0.1, -0.05) is 37.3 Å². The van der Waals surface area contributed by atoms with Gasteiger partial charge in [0.05, 0.1) is 0 Å². The molecule has 0 saturated heterocycles. The summed E-state index contributed by atoms with van der Waals surface area (Å²) in [6.45, 7) is 3.08. The highest BCUT2D eigenvalue weighted by Crippen LogP contribution is 2.45. The molecule has 1 aromatic carbocycles. The molecule has 112 valence electrons. The normalized spacial score (nSPS) is 34.7. The monoisotopic (exact) mass is 292 g/mol. The molecule has 1 aromatic rings. The van der Waals surface area contributed by atoms with Gasteiger partial charge in [-0.05, 0) is 30.4 Å². The third-order valence-electron chi connectivity index (χ3n) is 5.71. The van der Waals surface area contributed by atoms with E-state index in [9.17, 15) is 0 Å². The first-order valence-corrected chi connectivity index (χ1v) is 8.22. The van der Waals surface area contributed by atoms with Gasteiger partial charge in [0, 0.05) is 29.9 Å². The molecule has 0 fully saturated rings. The summed E-state index contributed by atoms with van der Waals surface area (Å²) in [5.74, 6) is 2.25. The molecule has 5 rings (SSSR count). The van der Waals surface area contributed by atoms with E-state index in [1.165, 1.54) is 11.3 Å². The minimum atomic E-state index is 0.519. The molecule has 0 radical (unpaired) electrons. The lowest BCUT2D eigenvalue weighted by atomic mass is 9.75. The fourth-order valence-electron chi connectivity index (χ4n) is 4.74. The van der Waals surface area contributed by atoms with Gasteiger partial charge >= 0.3 is 0 Å². The van der Waals surface area contributed by atoms with E-state index in [0.29, 0.717) is 23.9 Å². The van der Waals surface area contributed by atoms with Crippen LogP contribution < -0.4 is 4.90 Å². The van der Waals surface area contributed by atoms with Gasteiger partial charge in [-0.3, -0.25) is 0 Å². The summed E-state index contributed by atoms with van der Waals surface area (Å²) in [6.07, 6.45) is 9.23. The van der Waals surface area contributed by atoms with Crippen LogP contribution in [0.25, 0.3) is 0 Å². The number of hydrogen-bond acceptors (Lipinski definition) is 4. The molecule has 3 heterocycles. The molecule has 3 aliphatic heterocycles. The number of para-hydroxylation sites is 1. The van der Waals surface area contributed by atoms with Gasteiger partial charge in [0.1, 0.15) is 6.67 Å². The number of benzene rings is 1. The van der Waals surface area contributed by atoms with Crippen LogP contribution in [0.3, 0.4) is 0 Å². The molecule has 0 amide bonds. The Bertz CT molecular complexity index is 705. The van der Waals surface area contributed by atoms with Crippen LogP contribution in [-0.4, -0.2) is 23.7 Å². The standard InChI is InChI=1S/C18H20N4/c1-12-5-4-8-15-18(12)16-9-13-6-2-3-7-14(13)21(16)10-17-20-19-11-22(15)17/h2-7,10,12,15-16,18H,8-9,11H2,1H3. The highest BCUT2D eigenvalue weighted by atomic mass is 15.4. The smallest absolute Gasteiger partial charge is 0.169 e. The third kappa shape index (κ3) is 1.58. The SMILES string of the molecule is CC1C=CCC2C1C1Cc3ccccc3N1C=C1N=NCN12. The number of nitrogens with zero attached hydrogens (tertiary/aromatic N) is 4. The Labute approximate surface area is 130 Å². The molecule has 22 heavy (non-hydrogen) atoms. The van der Waals surface area contributed by atoms with Gasteiger partial charge in [-0.25, -0.2) is 0 Å². The minimum absolute atomic E-state index is 0.519. The van der Waals surface area contributed by atoms with Crippen LogP contribution in [0.5, 0.6) is 0 Å². The van der Waals surface area contributed by atoms with E-state index in [4.69, 9.17) is 0 Å². The van der Waals surface area contributed by atoms with Crippen LogP contribution in [0.2, 0.25) is 0 Å². The average Bonchev–Trinajstić information content (AvgIpc) is 3.10. The van der Waals surface area contributed by atoms with E-state index in [2.05, 4.69) is 69.6 Å². The first kappa shape index (κ1) is 12.4. The van der Waals surface area contributed by atoms with E-state index < -0.39 is 0 Å². The van der Waals surface area contributed by atoms with Gasteiger partial charge in [-0.2, -0.15) is 5.11 Å². The Kier molecular flexibility index (Phi) is 2.52. The maximum absolute atomic E-state index is 4.41. The Morgan fingerprint density at radius 1 is 1.18 bits per heavy atom. The van der Waals surface area contributed by atoms with Gasteiger partial charge in [0.15, 0.2) is 5.82 Å². The summed E-state index contributed by atoms with van der Waals surface area (Å²) in [5, 5.41) is 8.70. The van der Waals surface area contributed by atoms with Crippen LogP contribution in [0, 0.1) is 11.8 Å². The van der Waals surface area contributed by atoms with Crippen molar-refractivity contribution in [3.8, 4) is 0 Å². The molecule has 0 spiro atoms. The minimum Gasteiger partial charge on any atom is -0.340 e. The Balaban J connectivity index is 1.67. The van der Waals surface area contributed by atoms with Crippen molar-refractivity contribution in [2.24, 2.45) is 22.1 Å². The molecule has 4 aliphatic rings. The lowest BCUT2D eigenvalue weighted by Crippen LogP contribution is -2.48. The third-order valence-corrected chi connectivity index (χ3v) is 5.71. The van der Waals surface area contributed by atoms with Gasteiger partial charge < -0.3 is 9.80 Å². The van der Waals surface area contributed by atoms with Crippen molar-refractivity contribution in [2.75, 3.05) is 11.6 Å². The van der Waals surface area contributed by atoms with Crippen molar-refractivity contribution < 1.29 is 0 Å². The quantitative estimate of drug-likeness (QED) is 0.685. The maximum Gasteiger partial charge on any atom is 0.169 e. The van der Waals surface area contributed by atoms with Crippen molar-refractivity contribution >= 4 is 5.69 Å². The van der Waals surface area contributed by atoms with Gasteiger partial charge in [-0.15, -0.1) is 5.11 Å². The Hall–Kier alpha value is -2.10. The number of azo groups is 1. The summed E-state index contributed by atoms with van der Waals surface area (Å²) < 4.78 is 0. The van der Waals surface area contributed by atoms with E-state index in [1.807, 2.05) is 0 Å². The topological polar surface area (TPSA) is 31.2 Å². The maximum atomic E-state index is 4.41. The van der Waals surface area contributed by atoms with Crippen molar-refractivity contribution in [1.82, 2.24) is 4.90 Å². The van der Waals surface area contributed by atoms with Crippen molar-refractivity contribution in [2.45, 2.75) is 31.8 Å². The zero-order chi connectivity index (χ0) is 14.7. The van der Waals surface area contributed by atoms with Crippen LogP contribution in [-0.2, 0) is 6.42 Å². The first-order chi connectivity index (χ1) is 10.8. The summed E-state index contributed by atoms with van der Waals surface area (Å²) >= 11 is 0. The van der Waals surface area contributed by atoms with E-state index in [0.717, 1.165) is 25.3 Å². The summed E-state index contributed by atoms with van der Waals surface area (Å²) in [7, 11) is 0. The summed E-state index contributed by atoms with van der Waals surface area (Å²) in [5.41, 5.74) is 2.82. The molecule has 4 heteroatoms. The lowest BCUT2D eigenvalue weighted by Gasteiger charge is -2.41. The predicted molar refractivity (Wildman–Crippen MR) is 86.3 cm³/mol. The van der Waals surface area contributed by atoms with Gasteiger partial charge in [0.25, 0.3) is 0 Å². The van der Waals surface area contributed by atoms with E-state index >= 15 is 0 Å². The number of anilines is 1. The highest BCUT2D eigenvalue weighted by Gasteiger charge is 2.46. The van der Waals surface area contributed by atoms with Gasteiger partial charge in [0.2, 0.25) is 0 Å². The number of rotatable bonds is 0.